The molecule has 114 valence electrons. The molecule has 21 heavy (non-hydrogen) atoms. The first-order valence-electron chi connectivity index (χ1n) is 5.57. The fourth-order valence-electron chi connectivity index (χ4n) is 1.91. The molecule has 3 amide bonds. The summed E-state index contributed by atoms with van der Waals surface area (Å²) in [6.45, 7) is -0.374. The molecule has 0 aliphatic carbocycles. The number of nitrogens with one attached hydrogen (secondary N) is 1. The topological polar surface area (TPSA) is 86.7 Å². The number of rotatable bonds is 3. The SMILES string of the molecule is O=C1CN(c2ccc(CS(=O)O)c(C(F)(F)F)c2)C(=O)N1. The second kappa shape index (κ2) is 5.45. The van der Waals surface area contributed by atoms with Crippen molar-refractivity contribution in [2.75, 3.05) is 11.4 Å². The number of benzene rings is 1. The van der Waals surface area contributed by atoms with Crippen LogP contribution in [0.15, 0.2) is 18.2 Å². The number of nitrogens with zero attached hydrogens (tertiary/aromatic N) is 1. The quantitative estimate of drug-likeness (QED) is 0.652. The minimum absolute atomic E-state index is 0.113. The maximum Gasteiger partial charge on any atom is 0.416 e. The second-order valence-electron chi connectivity index (χ2n) is 4.24. The van der Waals surface area contributed by atoms with Crippen LogP contribution in [0.4, 0.5) is 23.7 Å². The Morgan fingerprint density at radius 2 is 2.00 bits per heavy atom. The van der Waals surface area contributed by atoms with Crippen molar-refractivity contribution in [3.63, 3.8) is 0 Å². The molecule has 1 saturated heterocycles. The molecule has 1 atom stereocenters. The Morgan fingerprint density at radius 3 is 2.48 bits per heavy atom. The number of anilines is 1. The van der Waals surface area contributed by atoms with E-state index >= 15 is 0 Å². The summed E-state index contributed by atoms with van der Waals surface area (Å²) >= 11 is -2.43. The Hall–Kier alpha value is -1.94. The van der Waals surface area contributed by atoms with Crippen molar-refractivity contribution in [2.24, 2.45) is 0 Å². The molecule has 0 spiro atoms. The molecule has 1 heterocycles. The van der Waals surface area contributed by atoms with Gasteiger partial charge in [0.15, 0.2) is 11.1 Å². The second-order valence-corrected chi connectivity index (χ2v) is 5.18. The van der Waals surface area contributed by atoms with Gasteiger partial charge in [-0.1, -0.05) is 6.07 Å². The Bertz CT molecular complexity index is 632. The monoisotopic (exact) mass is 322 g/mol. The molecular weight excluding hydrogens is 313 g/mol. The molecule has 1 aromatic carbocycles. The van der Waals surface area contributed by atoms with Crippen molar-refractivity contribution in [1.29, 1.82) is 0 Å². The summed E-state index contributed by atoms with van der Waals surface area (Å²) in [4.78, 5) is 23.4. The number of halogens is 3. The normalized spacial score (nSPS) is 17.0. The van der Waals surface area contributed by atoms with Crippen LogP contribution in [0.1, 0.15) is 11.1 Å². The molecule has 0 aromatic heterocycles. The molecule has 2 rings (SSSR count). The van der Waals surface area contributed by atoms with E-state index in [1.165, 1.54) is 6.07 Å². The summed E-state index contributed by atoms with van der Waals surface area (Å²) in [5, 5.41) is 1.95. The minimum atomic E-state index is -4.75. The Labute approximate surface area is 119 Å². The zero-order valence-electron chi connectivity index (χ0n) is 10.3. The average molecular weight is 322 g/mol. The lowest BCUT2D eigenvalue weighted by Crippen LogP contribution is -2.28. The van der Waals surface area contributed by atoms with Crippen molar-refractivity contribution in [3.8, 4) is 0 Å². The van der Waals surface area contributed by atoms with Crippen molar-refractivity contribution < 1.29 is 31.5 Å². The predicted octanol–water partition coefficient (Wildman–Crippen LogP) is 1.48. The molecule has 0 radical (unpaired) electrons. The lowest BCUT2D eigenvalue weighted by molar-refractivity contribution is -0.138. The van der Waals surface area contributed by atoms with E-state index in [4.69, 9.17) is 4.55 Å². The summed E-state index contributed by atoms with van der Waals surface area (Å²) in [6.07, 6.45) is -4.75. The number of hydrogen-bond acceptors (Lipinski definition) is 3. The van der Waals surface area contributed by atoms with Crippen LogP contribution in [0.3, 0.4) is 0 Å². The largest absolute Gasteiger partial charge is 0.416 e. The number of carbonyl (C=O) groups excluding carboxylic acids is 2. The zero-order valence-corrected chi connectivity index (χ0v) is 11.1. The number of hydrogen-bond donors (Lipinski definition) is 2. The van der Waals surface area contributed by atoms with E-state index < -0.39 is 40.5 Å². The molecule has 1 aliphatic rings. The summed E-state index contributed by atoms with van der Waals surface area (Å²) in [5.41, 5.74) is -1.59. The average Bonchev–Trinajstić information content (AvgIpc) is 2.67. The van der Waals surface area contributed by atoms with Crippen LogP contribution < -0.4 is 10.2 Å². The van der Waals surface area contributed by atoms with Gasteiger partial charge in [-0.3, -0.25) is 15.0 Å². The van der Waals surface area contributed by atoms with E-state index in [0.717, 1.165) is 11.0 Å². The first kappa shape index (κ1) is 15.4. The number of carbonyl (C=O) groups is 2. The van der Waals surface area contributed by atoms with E-state index in [0.29, 0.717) is 6.07 Å². The van der Waals surface area contributed by atoms with Gasteiger partial charge < -0.3 is 4.55 Å². The fourth-order valence-corrected chi connectivity index (χ4v) is 2.42. The first-order chi connectivity index (χ1) is 9.68. The number of urea groups is 1. The van der Waals surface area contributed by atoms with Gasteiger partial charge in [0.05, 0.1) is 11.3 Å². The highest BCUT2D eigenvalue weighted by Gasteiger charge is 2.36. The van der Waals surface area contributed by atoms with Crippen LogP contribution in [0.5, 0.6) is 0 Å². The summed E-state index contributed by atoms with van der Waals surface area (Å²) < 4.78 is 58.4. The Morgan fingerprint density at radius 1 is 1.33 bits per heavy atom. The van der Waals surface area contributed by atoms with Gasteiger partial charge in [0.1, 0.15) is 6.54 Å². The van der Waals surface area contributed by atoms with Crippen molar-refractivity contribution in [3.05, 3.63) is 29.3 Å². The number of amides is 3. The summed E-state index contributed by atoms with van der Waals surface area (Å²) in [7, 11) is 0. The molecule has 2 N–H and O–H groups in total. The molecule has 1 fully saturated rings. The van der Waals surface area contributed by atoms with Gasteiger partial charge >= 0.3 is 12.2 Å². The lowest BCUT2D eigenvalue weighted by atomic mass is 10.1. The highest BCUT2D eigenvalue weighted by Crippen LogP contribution is 2.35. The third kappa shape index (κ3) is 3.39. The molecule has 0 saturated carbocycles. The third-order valence-electron chi connectivity index (χ3n) is 2.78. The summed E-state index contributed by atoms with van der Waals surface area (Å²) in [6, 6.07) is 2.07. The number of alkyl halides is 3. The first-order valence-corrected chi connectivity index (χ1v) is 6.85. The molecule has 1 aromatic rings. The Balaban J connectivity index is 2.44. The van der Waals surface area contributed by atoms with Crippen LogP contribution in [0.25, 0.3) is 0 Å². The van der Waals surface area contributed by atoms with Gasteiger partial charge in [-0.25, -0.2) is 9.00 Å². The van der Waals surface area contributed by atoms with Crippen LogP contribution in [0, 0.1) is 0 Å². The van der Waals surface area contributed by atoms with Gasteiger partial charge in [0.2, 0.25) is 5.91 Å². The predicted molar refractivity (Wildman–Crippen MR) is 66.8 cm³/mol. The van der Waals surface area contributed by atoms with Crippen LogP contribution >= 0.6 is 0 Å². The van der Waals surface area contributed by atoms with E-state index in [2.05, 4.69) is 0 Å². The van der Waals surface area contributed by atoms with Crippen molar-refractivity contribution in [1.82, 2.24) is 5.32 Å². The van der Waals surface area contributed by atoms with Crippen molar-refractivity contribution >= 4 is 28.7 Å². The van der Waals surface area contributed by atoms with Crippen LogP contribution in [-0.2, 0) is 27.8 Å². The molecular formula is C11H9F3N2O4S. The zero-order chi connectivity index (χ0) is 15.8. The van der Waals surface area contributed by atoms with Crippen LogP contribution in [0.2, 0.25) is 0 Å². The molecule has 10 heteroatoms. The highest BCUT2D eigenvalue weighted by atomic mass is 32.2. The van der Waals surface area contributed by atoms with E-state index in [9.17, 15) is 27.0 Å². The standard InChI is InChI=1S/C11H9F3N2O4S/c12-11(13,14)8-3-7(2-1-6(8)5-21(19)20)16-4-9(17)15-10(16)18/h1-3H,4-5H2,(H,19,20)(H,15,17,18). The molecule has 1 aliphatic heterocycles. The summed E-state index contributed by atoms with van der Waals surface area (Å²) in [5.74, 6) is -1.30. The van der Waals surface area contributed by atoms with Gasteiger partial charge in [0, 0.05) is 5.69 Å². The lowest BCUT2D eigenvalue weighted by Gasteiger charge is -2.18. The van der Waals surface area contributed by atoms with E-state index in [1.807, 2.05) is 5.32 Å². The van der Waals surface area contributed by atoms with Crippen LogP contribution in [-0.4, -0.2) is 27.2 Å². The molecule has 6 nitrogen and oxygen atoms in total. The molecule has 0 bridgehead atoms. The van der Waals surface area contributed by atoms with E-state index in [1.54, 1.807) is 0 Å². The van der Waals surface area contributed by atoms with Gasteiger partial charge in [-0.05, 0) is 17.7 Å². The number of imide groups is 1. The third-order valence-corrected chi connectivity index (χ3v) is 3.34. The Kier molecular flexibility index (Phi) is 4.01. The van der Waals surface area contributed by atoms with E-state index in [-0.39, 0.29) is 17.8 Å². The van der Waals surface area contributed by atoms with Gasteiger partial charge in [0.25, 0.3) is 0 Å². The maximum atomic E-state index is 13.0. The maximum absolute atomic E-state index is 13.0. The highest BCUT2D eigenvalue weighted by molar-refractivity contribution is 7.78. The molecule has 1 unspecified atom stereocenters. The van der Waals surface area contributed by atoms with Crippen molar-refractivity contribution in [2.45, 2.75) is 11.9 Å². The fraction of sp³-hybridized carbons (Fsp3) is 0.273. The van der Waals surface area contributed by atoms with Gasteiger partial charge in [-0.15, -0.1) is 0 Å². The smallest absolute Gasteiger partial charge is 0.306 e. The minimum Gasteiger partial charge on any atom is -0.306 e. The van der Waals surface area contributed by atoms with Gasteiger partial charge in [-0.2, -0.15) is 13.2 Å².